The van der Waals surface area contributed by atoms with E-state index in [1.54, 1.807) is 34.9 Å². The number of likely N-dealkylation sites (N-methyl/N-ethyl adjacent to an activating group) is 1. The highest BCUT2D eigenvalue weighted by molar-refractivity contribution is 7.48. The van der Waals surface area contributed by atoms with E-state index in [1.165, 1.54) is 12.3 Å². The van der Waals surface area contributed by atoms with Gasteiger partial charge in [-0.1, -0.05) is 91.0 Å². The number of fused-ring (bicyclic) bond motifs is 1. The van der Waals surface area contributed by atoms with Gasteiger partial charge in [-0.15, -0.1) is 0 Å². The maximum absolute atomic E-state index is 15.8. The summed E-state index contributed by atoms with van der Waals surface area (Å²) in [5, 5.41) is 0.0213. The van der Waals surface area contributed by atoms with Crippen LogP contribution in [-0.2, 0) is 38.2 Å². The highest BCUT2D eigenvalue weighted by atomic mass is 31.2. The molecule has 0 aliphatic carbocycles. The Hall–Kier alpha value is -5.58. The highest BCUT2D eigenvalue weighted by Gasteiger charge is 2.30. The molecule has 0 saturated carbocycles. The Balaban J connectivity index is 1.22. The van der Waals surface area contributed by atoms with E-state index in [1.807, 2.05) is 103 Å². The van der Waals surface area contributed by atoms with Gasteiger partial charge in [-0.05, 0) is 60.1 Å². The van der Waals surface area contributed by atoms with Crippen LogP contribution in [0.25, 0.3) is 16.6 Å². The van der Waals surface area contributed by atoms with E-state index >= 15 is 4.39 Å². The summed E-state index contributed by atoms with van der Waals surface area (Å²) in [5.74, 6) is -1.20. The molecule has 7 rings (SSSR count). The van der Waals surface area contributed by atoms with Crippen LogP contribution in [0.15, 0.2) is 138 Å². The minimum atomic E-state index is -4.15. The Bertz CT molecular complexity index is 2270. The summed E-state index contributed by atoms with van der Waals surface area (Å²) in [5.41, 5.74) is 2.70. The van der Waals surface area contributed by atoms with Crippen LogP contribution in [-0.4, -0.2) is 48.7 Å². The number of carbonyl (C=O) groups is 1. The van der Waals surface area contributed by atoms with Crippen molar-refractivity contribution in [1.29, 1.82) is 0 Å². The third kappa shape index (κ3) is 8.78. The fourth-order valence-corrected chi connectivity index (χ4v) is 7.30. The van der Waals surface area contributed by atoms with E-state index < -0.39 is 25.0 Å². The van der Waals surface area contributed by atoms with Crippen LogP contribution in [0.1, 0.15) is 27.0 Å². The summed E-state index contributed by atoms with van der Waals surface area (Å²) >= 11 is 0. The number of phosphoric ester groups is 1. The summed E-state index contributed by atoms with van der Waals surface area (Å²) < 4.78 is 54.5. The second-order valence-corrected chi connectivity index (χ2v) is 14.6. The van der Waals surface area contributed by atoms with Gasteiger partial charge in [0.15, 0.2) is 0 Å². The predicted octanol–water partition coefficient (Wildman–Crippen LogP) is 8.16. The van der Waals surface area contributed by atoms with Crippen molar-refractivity contribution in [3.8, 4) is 11.4 Å². The quantitative estimate of drug-likeness (QED) is 0.0856. The molecule has 0 amide bonds. The number of phosphoric acid groups is 1. The summed E-state index contributed by atoms with van der Waals surface area (Å²) in [6.07, 6.45) is 1.41. The number of nitrogens with zero attached hydrogens (tertiary/aromatic N) is 3. The zero-order chi connectivity index (χ0) is 37.5. The van der Waals surface area contributed by atoms with E-state index in [4.69, 9.17) is 18.3 Å². The number of pyridine rings is 1. The summed E-state index contributed by atoms with van der Waals surface area (Å²) in [4.78, 5) is 31.3. The molecule has 0 atom stereocenters. The molecule has 276 valence electrons. The van der Waals surface area contributed by atoms with Crippen molar-refractivity contribution in [3.63, 3.8) is 0 Å². The van der Waals surface area contributed by atoms with Crippen LogP contribution < -0.4 is 14.9 Å². The molecule has 10 nitrogen and oxygen atoms in total. The Labute approximate surface area is 312 Å². The van der Waals surface area contributed by atoms with Crippen LogP contribution in [0.4, 0.5) is 10.1 Å². The first kappa shape index (κ1) is 36.8. The molecule has 54 heavy (non-hydrogen) atoms. The smallest absolute Gasteiger partial charge is 0.457 e. The minimum absolute atomic E-state index is 0.0102. The molecule has 5 aromatic carbocycles. The monoisotopic (exact) mass is 747 g/mol. The lowest BCUT2D eigenvalue weighted by Gasteiger charge is -2.34. The Morgan fingerprint density at radius 2 is 1.26 bits per heavy atom. The van der Waals surface area contributed by atoms with E-state index in [2.05, 4.69) is 4.90 Å². The average molecular weight is 748 g/mol. The molecule has 1 aliphatic rings. The highest BCUT2D eigenvalue weighted by Crippen LogP contribution is 2.51. The number of hydrogen-bond acceptors (Lipinski definition) is 9. The molecular weight excluding hydrogens is 708 g/mol. The second kappa shape index (κ2) is 16.6. The molecule has 1 aromatic heterocycles. The number of piperazine rings is 1. The van der Waals surface area contributed by atoms with Crippen LogP contribution in [0.3, 0.4) is 0 Å². The maximum Gasteiger partial charge on any atom is 0.530 e. The fraction of sp³-hybridized carbons (Fsp3) is 0.190. The number of anilines is 1. The number of carbonyl (C=O) groups excluding carboxylic acids is 1. The number of aromatic nitrogens is 1. The molecule has 0 bridgehead atoms. The first-order valence-electron chi connectivity index (χ1n) is 17.6. The van der Waals surface area contributed by atoms with Crippen LogP contribution in [0.2, 0.25) is 0 Å². The third-order valence-electron chi connectivity index (χ3n) is 9.15. The van der Waals surface area contributed by atoms with E-state index in [-0.39, 0.29) is 36.5 Å². The molecule has 12 heteroatoms. The van der Waals surface area contributed by atoms with Gasteiger partial charge in [-0.25, -0.2) is 13.8 Å². The Morgan fingerprint density at radius 3 is 1.81 bits per heavy atom. The van der Waals surface area contributed by atoms with Crippen molar-refractivity contribution in [2.24, 2.45) is 0 Å². The van der Waals surface area contributed by atoms with Crippen LogP contribution in [0.5, 0.6) is 5.75 Å². The van der Waals surface area contributed by atoms with Gasteiger partial charge in [0.2, 0.25) is 5.43 Å². The lowest BCUT2D eigenvalue weighted by molar-refractivity contribution is 0.0470. The molecule has 0 spiro atoms. The molecule has 6 aromatic rings. The molecule has 1 fully saturated rings. The van der Waals surface area contributed by atoms with Gasteiger partial charge in [0.05, 0.1) is 24.4 Å². The minimum Gasteiger partial charge on any atom is -0.457 e. The first-order valence-corrected chi connectivity index (χ1v) is 19.0. The van der Waals surface area contributed by atoms with Gasteiger partial charge >= 0.3 is 13.8 Å². The van der Waals surface area contributed by atoms with Gasteiger partial charge in [0.1, 0.15) is 23.7 Å². The largest absolute Gasteiger partial charge is 0.530 e. The van der Waals surface area contributed by atoms with Crippen molar-refractivity contribution >= 4 is 30.4 Å². The van der Waals surface area contributed by atoms with Gasteiger partial charge < -0.3 is 23.6 Å². The van der Waals surface area contributed by atoms with Crippen molar-refractivity contribution in [2.45, 2.75) is 19.8 Å². The standard InChI is InChI=1S/C42H39FN3O7P/c1-44-21-23-45(24-22-44)40-26-39-36(25-38(40)43)41(47)37(42(48)50-28-31-11-5-2-6-12-31)27-46(39)34-17-19-35(20-18-34)53-54(49,51-29-32-13-7-3-8-14-32)52-30-33-15-9-4-10-16-33/h2-20,25-27H,21-24,28-30H2,1H3. The zero-order valence-electron chi connectivity index (χ0n) is 29.7. The summed E-state index contributed by atoms with van der Waals surface area (Å²) in [6, 6.07) is 37.0. The summed E-state index contributed by atoms with van der Waals surface area (Å²) in [7, 11) is -2.14. The molecule has 0 N–H and O–H groups in total. The zero-order valence-corrected chi connectivity index (χ0v) is 30.6. The van der Waals surface area contributed by atoms with Gasteiger partial charge in [-0.2, -0.15) is 0 Å². The van der Waals surface area contributed by atoms with E-state index in [0.29, 0.717) is 30.0 Å². The normalized spacial score (nSPS) is 13.6. The van der Waals surface area contributed by atoms with Gasteiger partial charge in [0, 0.05) is 43.4 Å². The van der Waals surface area contributed by atoms with Crippen LogP contribution >= 0.6 is 7.82 Å². The first-order chi connectivity index (χ1) is 26.2. The number of ether oxygens (including phenoxy) is 1. The van der Waals surface area contributed by atoms with Crippen molar-refractivity contribution in [1.82, 2.24) is 9.47 Å². The third-order valence-corrected chi connectivity index (χ3v) is 10.5. The molecular formula is C42H39FN3O7P. The van der Waals surface area contributed by atoms with Gasteiger partial charge in [-0.3, -0.25) is 13.8 Å². The average Bonchev–Trinajstić information content (AvgIpc) is 3.20. The Kier molecular flexibility index (Phi) is 11.3. The Morgan fingerprint density at radius 1 is 0.722 bits per heavy atom. The molecule has 0 radical (unpaired) electrons. The SMILES string of the molecule is CN1CCN(c2cc3c(cc2F)c(=O)c(C(=O)OCc2ccccc2)cn3-c2ccc(OP(=O)(OCc3ccccc3)OCc3ccccc3)cc2)CC1. The number of rotatable bonds is 13. The maximum atomic E-state index is 15.8. The number of hydrogen-bond donors (Lipinski definition) is 0. The molecule has 2 heterocycles. The lowest BCUT2D eigenvalue weighted by Crippen LogP contribution is -2.44. The molecule has 1 saturated heterocycles. The predicted molar refractivity (Wildman–Crippen MR) is 205 cm³/mol. The number of esters is 1. The van der Waals surface area contributed by atoms with E-state index in [9.17, 15) is 14.2 Å². The van der Waals surface area contributed by atoms with Crippen molar-refractivity contribution < 1.29 is 32.1 Å². The molecule has 0 unspecified atom stereocenters. The lowest BCUT2D eigenvalue weighted by atomic mass is 10.1. The summed E-state index contributed by atoms with van der Waals surface area (Å²) in [6.45, 7) is 2.67. The van der Waals surface area contributed by atoms with Crippen molar-refractivity contribution in [3.05, 3.63) is 172 Å². The fourth-order valence-electron chi connectivity index (χ4n) is 6.13. The van der Waals surface area contributed by atoms with Crippen LogP contribution in [0, 0.1) is 5.82 Å². The van der Waals surface area contributed by atoms with Gasteiger partial charge in [0.25, 0.3) is 0 Å². The molecule has 1 aliphatic heterocycles. The second-order valence-electron chi connectivity index (χ2n) is 13.0. The number of halogens is 1. The van der Waals surface area contributed by atoms with Crippen molar-refractivity contribution in [2.75, 3.05) is 38.1 Å². The number of benzene rings is 5. The van der Waals surface area contributed by atoms with E-state index in [0.717, 1.165) is 29.8 Å². The topological polar surface area (TPSA) is 99.5 Å².